The van der Waals surface area contributed by atoms with Gasteiger partial charge in [-0.15, -0.1) is 0 Å². The maximum atomic E-state index is 12.0. The minimum absolute atomic E-state index is 0.0383. The maximum Gasteiger partial charge on any atom is 0.338 e. The van der Waals surface area contributed by atoms with Crippen molar-refractivity contribution in [2.24, 2.45) is 5.92 Å². The highest BCUT2D eigenvalue weighted by Gasteiger charge is 2.27. The Morgan fingerprint density at radius 3 is 2.57 bits per heavy atom. The monoisotopic (exact) mass is 333 g/mol. The lowest BCUT2D eigenvalue weighted by atomic mass is 10.1. The first kappa shape index (κ1) is 15.7. The number of hydrogen-bond donors (Lipinski definition) is 0. The van der Waals surface area contributed by atoms with E-state index >= 15 is 0 Å². The molecule has 0 aliphatic heterocycles. The molecule has 0 atom stereocenters. The Hall–Kier alpha value is -1.67. The number of carbonyl (C=O) groups excluding carboxylic acids is 1. The van der Waals surface area contributed by atoms with E-state index in [1.54, 1.807) is 0 Å². The van der Waals surface area contributed by atoms with E-state index < -0.39 is 30.5 Å². The molecule has 7 nitrogen and oxygen atoms in total. The zero-order valence-corrected chi connectivity index (χ0v) is 12.6. The normalized spacial score (nSPS) is 14.8. The van der Waals surface area contributed by atoms with Crippen molar-refractivity contribution in [3.8, 4) is 0 Å². The lowest BCUT2D eigenvalue weighted by Gasteiger charge is -2.09. The molecule has 1 aliphatic carbocycles. The van der Waals surface area contributed by atoms with Crippen LogP contribution in [0.4, 0.5) is 5.69 Å². The summed E-state index contributed by atoms with van der Waals surface area (Å²) in [5, 5.41) is 10.9. The first-order valence-electron chi connectivity index (χ1n) is 6.11. The van der Waals surface area contributed by atoms with Crippen LogP contribution in [0.2, 0.25) is 0 Å². The van der Waals surface area contributed by atoms with Crippen LogP contribution in [0.25, 0.3) is 0 Å². The third-order valence-electron chi connectivity index (χ3n) is 3.19. The molecule has 0 radical (unpaired) electrons. The zero-order chi connectivity index (χ0) is 15.8. The summed E-state index contributed by atoms with van der Waals surface area (Å²) in [5.41, 5.74) is -0.654. The standard InChI is InChI=1S/C12H12ClNO6S/c1-7-10(12(15)20-6-8-2-3-8)4-9(14(16)17)5-11(7)21(13,18)19/h4-5,8H,2-3,6H2,1H3. The molecule has 0 spiro atoms. The Balaban J connectivity index is 2.44. The number of rotatable bonds is 5. The number of esters is 1. The van der Waals surface area contributed by atoms with Gasteiger partial charge in [-0.05, 0) is 31.2 Å². The molecule has 0 heterocycles. The van der Waals surface area contributed by atoms with Crippen molar-refractivity contribution < 1.29 is 22.9 Å². The van der Waals surface area contributed by atoms with E-state index in [9.17, 15) is 23.3 Å². The molecule has 0 aromatic heterocycles. The van der Waals surface area contributed by atoms with Crippen LogP contribution >= 0.6 is 10.7 Å². The van der Waals surface area contributed by atoms with E-state index in [1.807, 2.05) is 0 Å². The molecule has 0 bridgehead atoms. The third-order valence-corrected chi connectivity index (χ3v) is 4.63. The first-order valence-corrected chi connectivity index (χ1v) is 8.42. The molecule has 1 aromatic rings. The Kier molecular flexibility index (Phi) is 4.20. The number of halogens is 1. The molecule has 0 unspecified atom stereocenters. The number of nitrogens with zero attached hydrogens (tertiary/aromatic N) is 1. The summed E-state index contributed by atoms with van der Waals surface area (Å²) in [6.45, 7) is 1.58. The van der Waals surface area contributed by atoms with Gasteiger partial charge in [0, 0.05) is 22.8 Å². The van der Waals surface area contributed by atoms with Crippen LogP contribution in [0.15, 0.2) is 17.0 Å². The number of nitro benzene ring substituents is 1. The minimum Gasteiger partial charge on any atom is -0.462 e. The number of nitro groups is 1. The zero-order valence-electron chi connectivity index (χ0n) is 11.0. The second kappa shape index (κ2) is 5.61. The van der Waals surface area contributed by atoms with Gasteiger partial charge in [-0.25, -0.2) is 13.2 Å². The summed E-state index contributed by atoms with van der Waals surface area (Å²) in [4.78, 5) is 21.6. The van der Waals surface area contributed by atoms with Crippen LogP contribution in [0.3, 0.4) is 0 Å². The van der Waals surface area contributed by atoms with E-state index in [1.165, 1.54) is 6.92 Å². The van der Waals surface area contributed by atoms with Crippen molar-refractivity contribution >= 4 is 31.4 Å². The van der Waals surface area contributed by atoms with Gasteiger partial charge in [0.25, 0.3) is 14.7 Å². The van der Waals surface area contributed by atoms with Gasteiger partial charge in [-0.1, -0.05) is 0 Å². The van der Waals surface area contributed by atoms with Crippen molar-refractivity contribution in [1.82, 2.24) is 0 Å². The third kappa shape index (κ3) is 3.70. The Labute approximate surface area is 125 Å². The lowest BCUT2D eigenvalue weighted by molar-refractivity contribution is -0.385. The Bertz CT molecular complexity index is 711. The van der Waals surface area contributed by atoms with Gasteiger partial charge in [0.2, 0.25) is 0 Å². The van der Waals surface area contributed by atoms with Crippen molar-refractivity contribution in [3.63, 3.8) is 0 Å². The van der Waals surface area contributed by atoms with E-state index in [4.69, 9.17) is 15.4 Å². The molecule has 1 aromatic carbocycles. The first-order chi connectivity index (χ1) is 9.70. The summed E-state index contributed by atoms with van der Waals surface area (Å²) in [5.74, 6) is -0.464. The molecule has 9 heteroatoms. The fourth-order valence-corrected chi connectivity index (χ4v) is 3.02. The van der Waals surface area contributed by atoms with Crippen LogP contribution in [0, 0.1) is 23.0 Å². The fraction of sp³-hybridized carbons (Fsp3) is 0.417. The smallest absolute Gasteiger partial charge is 0.338 e. The molecule has 0 N–H and O–H groups in total. The predicted octanol–water partition coefficient (Wildman–Crippen LogP) is 2.40. The van der Waals surface area contributed by atoms with Gasteiger partial charge >= 0.3 is 5.97 Å². The molecular weight excluding hydrogens is 322 g/mol. The van der Waals surface area contributed by atoms with E-state index in [-0.39, 0.29) is 17.7 Å². The predicted molar refractivity (Wildman–Crippen MR) is 73.9 cm³/mol. The molecule has 0 amide bonds. The van der Waals surface area contributed by atoms with E-state index in [0.717, 1.165) is 25.0 Å². The fourth-order valence-electron chi connectivity index (χ4n) is 1.80. The van der Waals surface area contributed by atoms with Gasteiger partial charge in [-0.2, -0.15) is 0 Å². The van der Waals surface area contributed by atoms with Gasteiger partial charge < -0.3 is 4.74 Å². The van der Waals surface area contributed by atoms with Crippen LogP contribution in [-0.2, 0) is 13.8 Å². The molecule has 1 aliphatic rings. The van der Waals surface area contributed by atoms with Crippen molar-refractivity contribution in [2.45, 2.75) is 24.7 Å². The average Bonchev–Trinajstić information content (AvgIpc) is 3.18. The molecule has 114 valence electrons. The lowest BCUT2D eigenvalue weighted by Crippen LogP contribution is -2.12. The molecule has 1 fully saturated rings. The van der Waals surface area contributed by atoms with Gasteiger partial charge in [-0.3, -0.25) is 10.1 Å². The summed E-state index contributed by atoms with van der Waals surface area (Å²) in [7, 11) is 1.05. The van der Waals surface area contributed by atoms with Crippen LogP contribution in [0.1, 0.15) is 28.8 Å². The number of carbonyl (C=O) groups is 1. The molecule has 21 heavy (non-hydrogen) atoms. The second-order valence-corrected chi connectivity index (χ2v) is 7.39. The average molecular weight is 334 g/mol. The summed E-state index contributed by atoms with van der Waals surface area (Å²) in [6, 6.07) is 1.82. The van der Waals surface area contributed by atoms with Crippen molar-refractivity contribution in [3.05, 3.63) is 33.4 Å². The minimum atomic E-state index is -4.20. The summed E-state index contributed by atoms with van der Waals surface area (Å²) in [6.07, 6.45) is 1.95. The van der Waals surface area contributed by atoms with Gasteiger partial charge in [0.05, 0.1) is 22.0 Å². The summed E-state index contributed by atoms with van der Waals surface area (Å²) >= 11 is 0. The van der Waals surface area contributed by atoms with Crippen LogP contribution in [0.5, 0.6) is 0 Å². The number of benzene rings is 1. The number of non-ortho nitro benzene ring substituents is 1. The molecule has 1 saturated carbocycles. The Morgan fingerprint density at radius 2 is 2.10 bits per heavy atom. The van der Waals surface area contributed by atoms with Gasteiger partial charge in [0.15, 0.2) is 0 Å². The van der Waals surface area contributed by atoms with E-state index in [2.05, 4.69) is 0 Å². The van der Waals surface area contributed by atoms with Gasteiger partial charge in [0.1, 0.15) is 0 Å². The maximum absolute atomic E-state index is 12.0. The van der Waals surface area contributed by atoms with E-state index in [0.29, 0.717) is 5.92 Å². The van der Waals surface area contributed by atoms with Crippen molar-refractivity contribution in [2.75, 3.05) is 6.61 Å². The van der Waals surface area contributed by atoms with Crippen molar-refractivity contribution in [1.29, 1.82) is 0 Å². The number of ether oxygens (including phenoxy) is 1. The summed E-state index contributed by atoms with van der Waals surface area (Å²) < 4.78 is 28.0. The molecule has 2 rings (SSSR count). The highest BCUT2D eigenvalue weighted by Crippen LogP contribution is 2.31. The molecule has 0 saturated heterocycles. The van der Waals surface area contributed by atoms with Crippen LogP contribution in [-0.4, -0.2) is 25.9 Å². The highest BCUT2D eigenvalue weighted by molar-refractivity contribution is 8.13. The second-order valence-electron chi connectivity index (χ2n) is 4.85. The van der Waals surface area contributed by atoms with Crippen LogP contribution < -0.4 is 0 Å². The molecular formula is C12H12ClNO6S. The Morgan fingerprint density at radius 1 is 1.48 bits per heavy atom. The quantitative estimate of drug-likeness (QED) is 0.354. The SMILES string of the molecule is Cc1c(C(=O)OCC2CC2)cc([N+](=O)[O-])cc1S(=O)(=O)Cl. The number of hydrogen-bond acceptors (Lipinski definition) is 6. The topological polar surface area (TPSA) is 104 Å². The highest BCUT2D eigenvalue weighted by atomic mass is 35.7. The largest absolute Gasteiger partial charge is 0.462 e.